The summed E-state index contributed by atoms with van der Waals surface area (Å²) in [4.78, 5) is 16.1. The van der Waals surface area contributed by atoms with Crippen molar-refractivity contribution in [3.8, 4) is 5.75 Å². The number of H-pyrrole nitrogens is 1. The lowest BCUT2D eigenvalue weighted by molar-refractivity contribution is -0.0244. The molecule has 1 aromatic carbocycles. The first-order valence-corrected chi connectivity index (χ1v) is 8.70. The van der Waals surface area contributed by atoms with Crippen LogP contribution in [0.4, 0.5) is 5.82 Å². The van der Waals surface area contributed by atoms with E-state index >= 15 is 0 Å². The highest BCUT2D eigenvalue weighted by Crippen LogP contribution is 2.33. The molecule has 0 bridgehead atoms. The number of rotatable bonds is 6. The quantitative estimate of drug-likeness (QED) is 0.509. The molecule has 4 N–H and O–H groups in total. The Morgan fingerprint density at radius 2 is 2.19 bits per heavy atom. The Morgan fingerprint density at radius 3 is 2.96 bits per heavy atom. The van der Waals surface area contributed by atoms with Crippen molar-refractivity contribution in [1.82, 2.24) is 19.9 Å². The summed E-state index contributed by atoms with van der Waals surface area (Å²) in [5.74, 6) is 1.96. The van der Waals surface area contributed by atoms with Crippen molar-refractivity contribution < 1.29 is 19.7 Å². The van der Waals surface area contributed by atoms with Crippen LogP contribution >= 0.6 is 0 Å². The molecule has 0 amide bonds. The Morgan fingerprint density at radius 1 is 1.33 bits per heavy atom. The Kier molecular flexibility index (Phi) is 4.88. The fraction of sp³-hybridized carbons (Fsp3) is 0.389. The van der Waals surface area contributed by atoms with Crippen LogP contribution in [0.2, 0.25) is 0 Å². The van der Waals surface area contributed by atoms with Crippen LogP contribution < -0.4 is 10.1 Å². The zero-order chi connectivity index (χ0) is 18.8. The predicted octanol–water partition coefficient (Wildman–Crippen LogP) is 1.16. The van der Waals surface area contributed by atoms with Gasteiger partial charge < -0.3 is 30.0 Å². The highest BCUT2D eigenvalue weighted by molar-refractivity contribution is 5.82. The molecule has 0 spiro atoms. The van der Waals surface area contributed by atoms with Gasteiger partial charge in [-0.2, -0.15) is 0 Å². The van der Waals surface area contributed by atoms with Gasteiger partial charge in [-0.25, -0.2) is 15.0 Å². The van der Waals surface area contributed by atoms with Crippen molar-refractivity contribution in [3.63, 3.8) is 0 Å². The van der Waals surface area contributed by atoms with Crippen molar-refractivity contribution >= 4 is 17.0 Å². The number of ether oxygens (including phenoxy) is 2. The minimum atomic E-state index is -0.720. The van der Waals surface area contributed by atoms with Crippen LogP contribution in [0, 0.1) is 0 Å². The Bertz CT molecular complexity index is 931. The molecule has 1 saturated heterocycles. The average molecular weight is 371 g/mol. The van der Waals surface area contributed by atoms with E-state index in [1.165, 1.54) is 6.33 Å². The molecule has 0 saturated carbocycles. The third-order valence-corrected chi connectivity index (χ3v) is 4.65. The molecule has 9 nitrogen and oxygen atoms in total. The number of aromatic amines is 1. The minimum Gasteiger partial charge on any atom is -0.496 e. The minimum absolute atomic E-state index is 0.233. The Balaban J connectivity index is 1.56. The van der Waals surface area contributed by atoms with Crippen LogP contribution in [-0.4, -0.2) is 56.1 Å². The van der Waals surface area contributed by atoms with Gasteiger partial charge in [0.15, 0.2) is 11.5 Å². The molecule has 1 aliphatic rings. The Hall–Kier alpha value is -2.75. The van der Waals surface area contributed by atoms with Crippen LogP contribution in [0.1, 0.15) is 23.9 Å². The zero-order valence-corrected chi connectivity index (χ0v) is 14.8. The molecule has 0 radical (unpaired) electrons. The summed E-state index contributed by atoms with van der Waals surface area (Å²) in [5, 5.41) is 22.5. The highest BCUT2D eigenvalue weighted by Gasteiger charge is 2.36. The molecule has 1 aliphatic heterocycles. The van der Waals surface area contributed by atoms with Crippen molar-refractivity contribution in [2.24, 2.45) is 0 Å². The van der Waals surface area contributed by atoms with Crippen LogP contribution in [0.5, 0.6) is 5.75 Å². The first kappa shape index (κ1) is 17.7. The van der Waals surface area contributed by atoms with Gasteiger partial charge in [0.1, 0.15) is 35.6 Å². The standard InChI is InChI=1S/C18H21N5O4/c1-26-12-5-3-2-4-10(12)7-19-17-15-18(21-9-20-17)23-16(22-15)13-6-11(25)14(8-24)27-13/h2-5,9,11,13-14,24-25H,6-8H2,1H3,(H2,19,20,21,22,23)/t11-,13?,14+/m0/s1. The summed E-state index contributed by atoms with van der Waals surface area (Å²) in [6.07, 6.45) is 0.0641. The van der Waals surface area contributed by atoms with Crippen LogP contribution in [0.15, 0.2) is 30.6 Å². The number of methoxy groups -OCH3 is 1. The average Bonchev–Trinajstić information content (AvgIpc) is 3.29. The number of aliphatic hydroxyl groups is 2. The maximum absolute atomic E-state index is 9.93. The smallest absolute Gasteiger partial charge is 0.183 e. The molecule has 3 aromatic rings. The van der Waals surface area contributed by atoms with Crippen molar-refractivity contribution in [2.75, 3.05) is 19.0 Å². The number of para-hydroxylation sites is 1. The number of imidazole rings is 1. The first-order chi connectivity index (χ1) is 13.2. The van der Waals surface area contributed by atoms with E-state index in [-0.39, 0.29) is 6.61 Å². The second kappa shape index (κ2) is 7.47. The predicted molar refractivity (Wildman–Crippen MR) is 97.3 cm³/mol. The second-order valence-corrected chi connectivity index (χ2v) is 6.36. The largest absolute Gasteiger partial charge is 0.496 e. The van der Waals surface area contributed by atoms with Gasteiger partial charge in [0.2, 0.25) is 0 Å². The van der Waals surface area contributed by atoms with Gasteiger partial charge in [0, 0.05) is 18.5 Å². The van der Waals surface area contributed by atoms with Gasteiger partial charge in [0.25, 0.3) is 0 Å². The molecule has 3 heterocycles. The number of anilines is 1. The summed E-state index contributed by atoms with van der Waals surface area (Å²) in [5.41, 5.74) is 2.17. The molecular formula is C18H21N5O4. The SMILES string of the molecule is COc1ccccc1CNc1ncnc2nc(C3C[C@H](O)[C@@H](CO)O3)[nH]c12. The van der Waals surface area contributed by atoms with E-state index in [2.05, 4.69) is 25.3 Å². The van der Waals surface area contributed by atoms with Gasteiger partial charge in [-0.1, -0.05) is 18.2 Å². The number of hydrogen-bond acceptors (Lipinski definition) is 8. The summed E-state index contributed by atoms with van der Waals surface area (Å²) in [6.45, 7) is 0.291. The van der Waals surface area contributed by atoms with Gasteiger partial charge in [-0.3, -0.25) is 0 Å². The normalized spacial score (nSPS) is 22.3. The van der Waals surface area contributed by atoms with Gasteiger partial charge >= 0.3 is 0 Å². The highest BCUT2D eigenvalue weighted by atomic mass is 16.5. The zero-order valence-electron chi connectivity index (χ0n) is 14.8. The lowest BCUT2D eigenvalue weighted by Crippen LogP contribution is -2.24. The van der Waals surface area contributed by atoms with Gasteiger partial charge in [-0.05, 0) is 6.07 Å². The number of fused-ring (bicyclic) bond motifs is 1. The van der Waals surface area contributed by atoms with Crippen molar-refractivity contribution in [3.05, 3.63) is 42.0 Å². The summed E-state index contributed by atoms with van der Waals surface area (Å²) < 4.78 is 11.0. The molecule has 142 valence electrons. The van der Waals surface area contributed by atoms with Crippen LogP contribution in [-0.2, 0) is 11.3 Å². The third kappa shape index (κ3) is 3.44. The van der Waals surface area contributed by atoms with Crippen molar-refractivity contribution in [2.45, 2.75) is 31.3 Å². The van der Waals surface area contributed by atoms with Gasteiger partial charge in [0.05, 0.1) is 19.8 Å². The lowest BCUT2D eigenvalue weighted by Gasteiger charge is -2.10. The molecule has 1 fully saturated rings. The lowest BCUT2D eigenvalue weighted by atomic mass is 10.1. The van der Waals surface area contributed by atoms with E-state index in [9.17, 15) is 10.2 Å². The number of aliphatic hydroxyl groups excluding tert-OH is 2. The van der Waals surface area contributed by atoms with Gasteiger partial charge in [-0.15, -0.1) is 0 Å². The summed E-state index contributed by atoms with van der Waals surface area (Å²) in [6, 6.07) is 7.75. The monoisotopic (exact) mass is 371 g/mol. The number of nitrogens with one attached hydrogen (secondary N) is 2. The van der Waals surface area contributed by atoms with E-state index in [0.29, 0.717) is 35.8 Å². The fourth-order valence-corrected chi connectivity index (χ4v) is 3.23. The second-order valence-electron chi connectivity index (χ2n) is 6.36. The van der Waals surface area contributed by atoms with E-state index in [1.54, 1.807) is 7.11 Å². The molecule has 4 rings (SSSR count). The van der Waals surface area contributed by atoms with Crippen LogP contribution in [0.3, 0.4) is 0 Å². The number of nitrogens with zero attached hydrogens (tertiary/aromatic N) is 3. The van der Waals surface area contributed by atoms with E-state index < -0.39 is 18.3 Å². The topological polar surface area (TPSA) is 125 Å². The molecule has 9 heteroatoms. The summed E-state index contributed by atoms with van der Waals surface area (Å²) >= 11 is 0. The van der Waals surface area contributed by atoms with Crippen molar-refractivity contribution in [1.29, 1.82) is 0 Å². The molecule has 0 aliphatic carbocycles. The Labute approximate surface area is 155 Å². The van der Waals surface area contributed by atoms with E-state index in [0.717, 1.165) is 11.3 Å². The van der Waals surface area contributed by atoms with E-state index in [1.807, 2.05) is 24.3 Å². The van der Waals surface area contributed by atoms with E-state index in [4.69, 9.17) is 9.47 Å². The molecule has 27 heavy (non-hydrogen) atoms. The molecular weight excluding hydrogens is 350 g/mol. The number of benzene rings is 1. The number of aromatic nitrogens is 4. The maximum atomic E-state index is 9.93. The first-order valence-electron chi connectivity index (χ1n) is 8.70. The maximum Gasteiger partial charge on any atom is 0.183 e. The summed E-state index contributed by atoms with van der Waals surface area (Å²) in [7, 11) is 1.64. The number of hydrogen-bond donors (Lipinski definition) is 4. The third-order valence-electron chi connectivity index (χ3n) is 4.65. The molecule has 1 unspecified atom stereocenters. The van der Waals surface area contributed by atoms with Crippen LogP contribution in [0.25, 0.3) is 11.2 Å². The molecule has 2 aromatic heterocycles. The molecule has 3 atom stereocenters. The fourth-order valence-electron chi connectivity index (χ4n) is 3.23.